The van der Waals surface area contributed by atoms with Crippen molar-refractivity contribution in [3.63, 3.8) is 0 Å². The number of piperazine rings is 2. The molecule has 2 saturated heterocycles. The second-order valence-corrected chi connectivity index (χ2v) is 14.4. The number of carbonyl (C=O) groups is 3. The molecule has 4 rings (SSSR count). The molecule has 1 aromatic carbocycles. The number of nitrogens with zero attached hydrogens (tertiary/aromatic N) is 4. The molecule has 0 aliphatic carbocycles. The van der Waals surface area contributed by atoms with Crippen molar-refractivity contribution in [2.24, 2.45) is 17.8 Å². The van der Waals surface area contributed by atoms with Crippen LogP contribution in [0.4, 0.5) is 14.9 Å². The highest BCUT2D eigenvalue weighted by atomic mass is 19.1. The Hall–Kier alpha value is -3.48. The summed E-state index contributed by atoms with van der Waals surface area (Å²) in [6.07, 6.45) is 6.21. The average Bonchev–Trinajstić information content (AvgIpc) is 3.10. The summed E-state index contributed by atoms with van der Waals surface area (Å²) < 4.78 is 26.8. The zero-order valence-corrected chi connectivity index (χ0v) is 30.6. The highest BCUT2D eigenvalue weighted by Gasteiger charge is 2.39. The molecule has 50 heavy (non-hydrogen) atoms. The minimum Gasteiger partial charge on any atom is -0.442 e. The molecular formula is C38H57FN4O7. The minimum atomic E-state index is -2.04. The molecule has 6 atom stereocenters. The number of aliphatic hydroxyl groups excluding tert-OH is 1. The van der Waals surface area contributed by atoms with Crippen LogP contribution in [0.15, 0.2) is 35.9 Å². The molecule has 0 radical (unpaired) electrons. The van der Waals surface area contributed by atoms with Gasteiger partial charge in [0.05, 0.1) is 12.0 Å². The van der Waals surface area contributed by atoms with Crippen LogP contribution in [0.1, 0.15) is 72.3 Å². The first kappa shape index (κ1) is 39.3. The Morgan fingerprint density at radius 3 is 2.36 bits per heavy atom. The summed E-state index contributed by atoms with van der Waals surface area (Å²) in [4.78, 5) is 46.6. The zero-order chi connectivity index (χ0) is 36.6. The van der Waals surface area contributed by atoms with Gasteiger partial charge in [0.15, 0.2) is 0 Å². The molecule has 2 N–H and O–H groups in total. The molecule has 3 heterocycles. The summed E-state index contributed by atoms with van der Waals surface area (Å²) in [5.41, 5.74) is 1.43. The second kappa shape index (κ2) is 17.6. The van der Waals surface area contributed by atoms with Crippen LogP contribution in [0.2, 0.25) is 0 Å². The lowest BCUT2D eigenvalue weighted by Gasteiger charge is -2.38. The van der Waals surface area contributed by atoms with Crippen LogP contribution in [-0.4, -0.2) is 120 Å². The Morgan fingerprint density at radius 2 is 1.70 bits per heavy atom. The van der Waals surface area contributed by atoms with E-state index < -0.39 is 41.6 Å². The van der Waals surface area contributed by atoms with Gasteiger partial charge in [0.1, 0.15) is 11.9 Å². The van der Waals surface area contributed by atoms with Crippen molar-refractivity contribution in [2.45, 2.75) is 84.7 Å². The molecule has 12 heteroatoms. The smallest absolute Gasteiger partial charge is 0.410 e. The van der Waals surface area contributed by atoms with Gasteiger partial charge in [-0.3, -0.25) is 9.59 Å². The van der Waals surface area contributed by atoms with Crippen LogP contribution in [-0.2, 0) is 19.1 Å². The first-order chi connectivity index (χ1) is 23.7. The Labute approximate surface area is 296 Å². The Morgan fingerprint density at radius 1 is 1.04 bits per heavy atom. The maximum absolute atomic E-state index is 15.0. The van der Waals surface area contributed by atoms with E-state index in [1.54, 1.807) is 48.8 Å². The van der Waals surface area contributed by atoms with Gasteiger partial charge in [-0.15, -0.1) is 0 Å². The van der Waals surface area contributed by atoms with Crippen LogP contribution in [0.3, 0.4) is 0 Å². The highest BCUT2D eigenvalue weighted by Crippen LogP contribution is 2.33. The van der Waals surface area contributed by atoms with Crippen molar-refractivity contribution in [1.29, 1.82) is 0 Å². The average molecular weight is 701 g/mol. The monoisotopic (exact) mass is 700 g/mol. The largest absolute Gasteiger partial charge is 0.442 e. The maximum atomic E-state index is 15.0. The van der Waals surface area contributed by atoms with E-state index >= 15 is 4.39 Å². The summed E-state index contributed by atoms with van der Waals surface area (Å²) in [6, 6.07) is 4.61. The third kappa shape index (κ3) is 10.1. The number of esters is 1. The van der Waals surface area contributed by atoms with Crippen LogP contribution in [0.25, 0.3) is 6.08 Å². The fourth-order valence-corrected chi connectivity index (χ4v) is 6.80. The molecule has 0 bridgehead atoms. The van der Waals surface area contributed by atoms with Crippen LogP contribution >= 0.6 is 0 Å². The molecule has 278 valence electrons. The number of cyclic esters (lactones) is 1. The van der Waals surface area contributed by atoms with Gasteiger partial charge in [0.2, 0.25) is 11.7 Å². The summed E-state index contributed by atoms with van der Waals surface area (Å²) in [6.45, 7) is 13.6. The van der Waals surface area contributed by atoms with Gasteiger partial charge in [0, 0.05) is 70.4 Å². The molecule has 2 amide bonds. The lowest BCUT2D eigenvalue weighted by Crippen LogP contribution is -2.51. The fourth-order valence-electron chi connectivity index (χ4n) is 6.80. The number of aliphatic hydroxyl groups is 2. The first-order valence-corrected chi connectivity index (χ1v) is 18.2. The lowest BCUT2D eigenvalue weighted by molar-refractivity contribution is -0.205. The summed E-state index contributed by atoms with van der Waals surface area (Å²) in [5, 5.41) is 22.2. The van der Waals surface area contributed by atoms with Crippen LogP contribution in [0, 0.1) is 23.6 Å². The predicted octanol–water partition coefficient (Wildman–Crippen LogP) is 4.67. The molecule has 11 nitrogen and oxygen atoms in total. The number of anilines is 1. The van der Waals surface area contributed by atoms with Crippen molar-refractivity contribution in [3.05, 3.63) is 47.3 Å². The van der Waals surface area contributed by atoms with Gasteiger partial charge >= 0.3 is 12.1 Å². The lowest BCUT2D eigenvalue weighted by atomic mass is 9.89. The van der Waals surface area contributed by atoms with Gasteiger partial charge in [-0.25, -0.2) is 9.18 Å². The molecule has 1 aromatic rings. The number of ether oxygens (including phenoxy) is 2. The Bertz CT molecular complexity index is 1390. The number of hydrogen-bond donors (Lipinski definition) is 2. The first-order valence-electron chi connectivity index (χ1n) is 18.2. The Balaban J connectivity index is 1.53. The second-order valence-electron chi connectivity index (χ2n) is 14.4. The third-order valence-electron chi connectivity index (χ3n) is 10.5. The SMILES string of the molecule is CC[C@@H](O)[C@@H](C)C(=O)N1CCN(c2cc(F)cc(/C=C(\C)[C@@]3(O)OC(=O)CCCC[C@@H](C)[C@@H](OC(=O)N4CCN(C)CC4)/C=C/[C@@H]3C)c2)CC1. The number of amides is 2. The predicted molar refractivity (Wildman–Crippen MR) is 191 cm³/mol. The topological polar surface area (TPSA) is 123 Å². The van der Waals surface area contributed by atoms with E-state index in [-0.39, 0.29) is 24.3 Å². The minimum absolute atomic E-state index is 0.00733. The number of benzene rings is 1. The quantitative estimate of drug-likeness (QED) is 0.309. The molecule has 0 aromatic heterocycles. The van der Waals surface area contributed by atoms with E-state index in [1.165, 1.54) is 12.1 Å². The van der Waals surface area contributed by atoms with E-state index in [4.69, 9.17) is 9.47 Å². The standard InChI is InChI=1S/C38H57FN4O7/c1-7-33(44)29(5)36(46)42-20-18-41(19-21-42)32-24-30(23-31(39)25-32)22-28(4)38(48)27(3)12-13-34(26(2)10-8-9-11-35(45)50-38)49-37(47)43-16-14-40(6)15-17-43/h12-13,22-27,29,33-34,44,48H,7-11,14-21H2,1-6H3/b13-12+,28-22+/t26-,27+,29-,33-,34+,38+/m1/s1. The summed E-state index contributed by atoms with van der Waals surface area (Å²) in [7, 11) is 2.02. The van der Waals surface area contributed by atoms with E-state index in [1.807, 2.05) is 31.9 Å². The Kier molecular flexibility index (Phi) is 13.9. The molecular weight excluding hydrogens is 643 g/mol. The van der Waals surface area contributed by atoms with Crippen molar-refractivity contribution >= 4 is 29.7 Å². The molecule has 3 aliphatic rings. The molecule has 0 saturated carbocycles. The number of carbonyl (C=O) groups excluding carboxylic acids is 3. The van der Waals surface area contributed by atoms with Gasteiger partial charge < -0.3 is 39.3 Å². The molecule has 2 fully saturated rings. The maximum Gasteiger partial charge on any atom is 0.410 e. The fraction of sp³-hybridized carbons (Fsp3) is 0.658. The van der Waals surface area contributed by atoms with Crippen molar-refractivity contribution in [2.75, 3.05) is 64.3 Å². The number of likely N-dealkylation sites (N-methyl/N-ethyl adjacent to an activating group) is 1. The van der Waals surface area contributed by atoms with E-state index in [2.05, 4.69) is 4.90 Å². The van der Waals surface area contributed by atoms with Crippen molar-refractivity contribution in [3.8, 4) is 0 Å². The van der Waals surface area contributed by atoms with E-state index in [9.17, 15) is 24.6 Å². The number of rotatable bonds is 7. The van der Waals surface area contributed by atoms with Gasteiger partial charge in [-0.1, -0.05) is 40.2 Å². The number of halogens is 1. The highest BCUT2D eigenvalue weighted by molar-refractivity contribution is 5.79. The van der Waals surface area contributed by atoms with Crippen molar-refractivity contribution < 1.29 is 38.5 Å². The summed E-state index contributed by atoms with van der Waals surface area (Å²) in [5.74, 6) is -4.35. The van der Waals surface area contributed by atoms with E-state index in [0.717, 1.165) is 25.9 Å². The van der Waals surface area contributed by atoms with E-state index in [0.29, 0.717) is 68.9 Å². The van der Waals surface area contributed by atoms with Gasteiger partial charge in [0.25, 0.3) is 0 Å². The summed E-state index contributed by atoms with van der Waals surface area (Å²) >= 11 is 0. The number of hydrogen-bond acceptors (Lipinski definition) is 9. The third-order valence-corrected chi connectivity index (χ3v) is 10.5. The van der Waals surface area contributed by atoms with Crippen molar-refractivity contribution in [1.82, 2.24) is 14.7 Å². The molecule has 3 aliphatic heterocycles. The van der Waals surface area contributed by atoms with Crippen LogP contribution in [0.5, 0.6) is 0 Å². The molecule has 0 spiro atoms. The van der Waals surface area contributed by atoms with Gasteiger partial charge in [-0.2, -0.15) is 0 Å². The van der Waals surface area contributed by atoms with Crippen LogP contribution < -0.4 is 4.90 Å². The molecule has 0 unspecified atom stereocenters. The normalized spacial score (nSPS) is 28.2. The van der Waals surface area contributed by atoms with Gasteiger partial charge in [-0.05, 0) is 80.6 Å². The zero-order valence-electron chi connectivity index (χ0n) is 30.6.